The fraction of sp³-hybridized carbons (Fsp3) is 0.500. The molecular weight excluding hydrogens is 224 g/mol. The first-order chi connectivity index (χ1) is 7.66. The summed E-state index contributed by atoms with van der Waals surface area (Å²) in [6.45, 7) is 4.03. The van der Waals surface area contributed by atoms with Crippen LogP contribution in [0.5, 0.6) is 0 Å². The lowest BCUT2D eigenvalue weighted by atomic mass is 10.3. The third kappa shape index (κ3) is 3.39. The van der Waals surface area contributed by atoms with Crippen molar-refractivity contribution in [2.24, 2.45) is 5.73 Å². The zero-order chi connectivity index (χ0) is 12.0. The highest BCUT2D eigenvalue weighted by molar-refractivity contribution is 7.80. The molecule has 6 heteroatoms. The second kappa shape index (κ2) is 6.34. The summed E-state index contributed by atoms with van der Waals surface area (Å²) in [6.07, 6.45) is 3.20. The average Bonchev–Trinajstić information content (AvgIpc) is 2.29. The van der Waals surface area contributed by atoms with E-state index in [9.17, 15) is 0 Å². The number of hydrogen-bond donors (Lipinski definition) is 1. The molecule has 5 nitrogen and oxygen atoms in total. The van der Waals surface area contributed by atoms with Crippen molar-refractivity contribution >= 4 is 23.0 Å². The molecule has 0 aliphatic carbocycles. The Morgan fingerprint density at radius 3 is 2.81 bits per heavy atom. The van der Waals surface area contributed by atoms with Crippen molar-refractivity contribution in [1.82, 2.24) is 9.97 Å². The molecule has 0 saturated heterocycles. The van der Waals surface area contributed by atoms with E-state index in [1.165, 1.54) is 0 Å². The molecule has 0 aromatic carbocycles. The lowest BCUT2D eigenvalue weighted by Crippen LogP contribution is -2.27. The van der Waals surface area contributed by atoms with Crippen molar-refractivity contribution in [1.29, 1.82) is 0 Å². The van der Waals surface area contributed by atoms with Crippen LogP contribution in [0.25, 0.3) is 0 Å². The van der Waals surface area contributed by atoms with Gasteiger partial charge < -0.3 is 15.4 Å². The number of rotatable bonds is 6. The topological polar surface area (TPSA) is 64.3 Å². The minimum atomic E-state index is 0.256. The first-order valence-corrected chi connectivity index (χ1v) is 5.47. The minimum Gasteiger partial charge on any atom is -0.388 e. The Balaban J connectivity index is 2.74. The Labute approximate surface area is 101 Å². The van der Waals surface area contributed by atoms with Crippen molar-refractivity contribution in [2.45, 2.75) is 6.92 Å². The van der Waals surface area contributed by atoms with E-state index in [2.05, 4.69) is 9.97 Å². The third-order valence-corrected chi connectivity index (χ3v) is 2.24. The van der Waals surface area contributed by atoms with Crippen molar-refractivity contribution in [3.8, 4) is 0 Å². The van der Waals surface area contributed by atoms with Gasteiger partial charge in [0.15, 0.2) is 5.82 Å². The lowest BCUT2D eigenvalue weighted by Gasteiger charge is -2.19. The molecule has 1 aromatic rings. The Morgan fingerprint density at radius 1 is 1.50 bits per heavy atom. The molecule has 16 heavy (non-hydrogen) atoms. The quantitative estimate of drug-likeness (QED) is 0.580. The Hall–Kier alpha value is -1.27. The van der Waals surface area contributed by atoms with Gasteiger partial charge in [-0.05, 0) is 6.92 Å². The molecular formula is C10H16N4OS. The fourth-order valence-corrected chi connectivity index (χ4v) is 1.38. The van der Waals surface area contributed by atoms with Gasteiger partial charge in [0, 0.05) is 32.6 Å². The predicted octanol–water partition coefficient (Wildman–Crippen LogP) is 0.584. The van der Waals surface area contributed by atoms with E-state index >= 15 is 0 Å². The van der Waals surface area contributed by atoms with Crippen LogP contribution < -0.4 is 10.6 Å². The number of anilines is 1. The number of likely N-dealkylation sites (N-methyl/N-ethyl adjacent to an activating group) is 1. The highest BCUT2D eigenvalue weighted by atomic mass is 32.1. The van der Waals surface area contributed by atoms with E-state index in [0.29, 0.717) is 24.7 Å². The largest absolute Gasteiger partial charge is 0.388 e. The zero-order valence-electron chi connectivity index (χ0n) is 9.51. The van der Waals surface area contributed by atoms with Crippen molar-refractivity contribution in [3.05, 3.63) is 18.1 Å². The zero-order valence-corrected chi connectivity index (χ0v) is 10.3. The van der Waals surface area contributed by atoms with Gasteiger partial charge in [0.2, 0.25) is 0 Å². The van der Waals surface area contributed by atoms with Crippen LogP contribution in [0.3, 0.4) is 0 Å². The monoisotopic (exact) mass is 240 g/mol. The van der Waals surface area contributed by atoms with Gasteiger partial charge in [-0.2, -0.15) is 0 Å². The predicted molar refractivity (Wildman–Crippen MR) is 67.7 cm³/mol. The van der Waals surface area contributed by atoms with Crippen molar-refractivity contribution in [3.63, 3.8) is 0 Å². The maximum Gasteiger partial charge on any atom is 0.157 e. The summed E-state index contributed by atoms with van der Waals surface area (Å²) in [7, 11) is 1.91. The first-order valence-electron chi connectivity index (χ1n) is 5.06. The summed E-state index contributed by atoms with van der Waals surface area (Å²) in [5, 5.41) is 0. The molecule has 1 aromatic heterocycles. The Bertz CT molecular complexity index is 358. The summed E-state index contributed by atoms with van der Waals surface area (Å²) in [4.78, 5) is 10.5. The van der Waals surface area contributed by atoms with E-state index in [4.69, 9.17) is 22.7 Å². The maximum atomic E-state index is 5.58. The molecule has 1 rings (SSSR count). The van der Waals surface area contributed by atoms with E-state index in [0.717, 1.165) is 6.54 Å². The first kappa shape index (κ1) is 12.8. The van der Waals surface area contributed by atoms with Crippen LogP contribution in [0.4, 0.5) is 5.82 Å². The van der Waals surface area contributed by atoms with Crippen LogP contribution in [0, 0.1) is 0 Å². The molecule has 0 bridgehead atoms. The van der Waals surface area contributed by atoms with Crippen LogP contribution >= 0.6 is 12.2 Å². The molecule has 88 valence electrons. The molecule has 0 radical (unpaired) electrons. The third-order valence-electron chi connectivity index (χ3n) is 2.05. The number of aromatic nitrogens is 2. The van der Waals surface area contributed by atoms with Gasteiger partial charge >= 0.3 is 0 Å². The second-order valence-electron chi connectivity index (χ2n) is 3.21. The number of nitrogens with two attached hydrogens (primary N) is 1. The summed E-state index contributed by atoms with van der Waals surface area (Å²) < 4.78 is 5.27. The van der Waals surface area contributed by atoms with Gasteiger partial charge in [-0.15, -0.1) is 0 Å². The number of thiocarbonyl (C=S) groups is 1. The van der Waals surface area contributed by atoms with Gasteiger partial charge in [0.1, 0.15) is 10.7 Å². The maximum absolute atomic E-state index is 5.58. The molecule has 0 atom stereocenters. The summed E-state index contributed by atoms with van der Waals surface area (Å²) in [6, 6.07) is 0. The summed E-state index contributed by atoms with van der Waals surface area (Å²) in [5.41, 5.74) is 6.13. The average molecular weight is 240 g/mol. The van der Waals surface area contributed by atoms with Gasteiger partial charge in [0.25, 0.3) is 0 Å². The molecule has 0 unspecified atom stereocenters. The second-order valence-corrected chi connectivity index (χ2v) is 3.65. The number of ether oxygens (including phenoxy) is 1. The molecule has 2 N–H and O–H groups in total. The SMILES string of the molecule is CCOCCN(C)c1nccnc1C(N)=S. The van der Waals surface area contributed by atoms with Gasteiger partial charge in [-0.25, -0.2) is 9.97 Å². The van der Waals surface area contributed by atoms with Gasteiger partial charge in [0.05, 0.1) is 6.61 Å². The normalized spacial score (nSPS) is 10.1. The molecule has 0 aliphatic heterocycles. The van der Waals surface area contributed by atoms with Crippen LogP contribution in [-0.4, -0.2) is 41.8 Å². The van der Waals surface area contributed by atoms with Crippen molar-refractivity contribution < 1.29 is 4.74 Å². The van der Waals surface area contributed by atoms with E-state index < -0.39 is 0 Å². The Morgan fingerprint density at radius 2 is 2.19 bits per heavy atom. The molecule has 0 spiro atoms. The summed E-state index contributed by atoms with van der Waals surface area (Å²) >= 11 is 4.92. The smallest absolute Gasteiger partial charge is 0.157 e. The Kier molecular flexibility index (Phi) is 5.07. The highest BCUT2D eigenvalue weighted by Gasteiger charge is 2.11. The van der Waals surface area contributed by atoms with Crippen molar-refractivity contribution in [2.75, 3.05) is 31.7 Å². The van der Waals surface area contributed by atoms with E-state index in [-0.39, 0.29) is 4.99 Å². The van der Waals surface area contributed by atoms with E-state index in [1.807, 2.05) is 18.9 Å². The molecule has 0 aliphatic rings. The van der Waals surface area contributed by atoms with Gasteiger partial charge in [-0.3, -0.25) is 0 Å². The van der Waals surface area contributed by atoms with Gasteiger partial charge in [-0.1, -0.05) is 12.2 Å². The molecule has 0 fully saturated rings. The fourth-order valence-electron chi connectivity index (χ4n) is 1.24. The van der Waals surface area contributed by atoms with Crippen LogP contribution in [-0.2, 0) is 4.74 Å². The van der Waals surface area contributed by atoms with E-state index in [1.54, 1.807) is 12.4 Å². The summed E-state index contributed by atoms with van der Waals surface area (Å²) in [5.74, 6) is 0.690. The lowest BCUT2D eigenvalue weighted by molar-refractivity contribution is 0.154. The number of hydrogen-bond acceptors (Lipinski definition) is 5. The molecule has 0 saturated carbocycles. The number of nitrogens with zero attached hydrogens (tertiary/aromatic N) is 3. The van der Waals surface area contributed by atoms with Crippen LogP contribution in [0.15, 0.2) is 12.4 Å². The highest BCUT2D eigenvalue weighted by Crippen LogP contribution is 2.12. The molecule has 0 amide bonds. The minimum absolute atomic E-state index is 0.256. The van der Waals surface area contributed by atoms with Crippen LogP contribution in [0.2, 0.25) is 0 Å². The standard InChI is InChI=1S/C10H16N4OS/c1-3-15-7-6-14(2)10-8(9(11)16)12-4-5-13-10/h4-5H,3,6-7H2,1-2H3,(H2,11,16). The molecule has 1 heterocycles. The van der Waals surface area contributed by atoms with Crippen LogP contribution in [0.1, 0.15) is 12.6 Å².